The number of ether oxygens (including phenoxy) is 1. The Hall–Kier alpha value is -2.80. The number of nitrogens with zero attached hydrogens (tertiary/aromatic N) is 2. The van der Waals surface area contributed by atoms with Gasteiger partial charge >= 0.3 is 0 Å². The quantitative estimate of drug-likeness (QED) is 0.875. The molecular formula is C19H18N2O2. The summed E-state index contributed by atoms with van der Waals surface area (Å²) in [5.74, 6) is 1.24. The van der Waals surface area contributed by atoms with Crippen molar-refractivity contribution in [1.82, 2.24) is 4.90 Å². The van der Waals surface area contributed by atoms with E-state index in [-0.39, 0.29) is 5.91 Å². The van der Waals surface area contributed by atoms with Gasteiger partial charge in [-0.1, -0.05) is 12.1 Å². The highest BCUT2D eigenvalue weighted by molar-refractivity contribution is 5.94. The summed E-state index contributed by atoms with van der Waals surface area (Å²) >= 11 is 0. The lowest BCUT2D eigenvalue weighted by molar-refractivity contribution is 0.0791. The van der Waals surface area contributed by atoms with Crippen molar-refractivity contribution in [3.8, 4) is 11.8 Å². The maximum atomic E-state index is 12.5. The molecule has 1 saturated heterocycles. The first kappa shape index (κ1) is 15.1. The van der Waals surface area contributed by atoms with Gasteiger partial charge in [0.25, 0.3) is 5.91 Å². The van der Waals surface area contributed by atoms with Crippen LogP contribution >= 0.6 is 0 Å². The Morgan fingerprint density at radius 1 is 1.17 bits per heavy atom. The monoisotopic (exact) mass is 306 g/mol. The van der Waals surface area contributed by atoms with Crippen molar-refractivity contribution in [1.29, 1.82) is 5.26 Å². The SMILES string of the molecule is COc1ccc(C2CCN(C(=O)c3ccc(C#N)cc3)C2)cc1. The predicted molar refractivity (Wildman–Crippen MR) is 87.4 cm³/mol. The number of carbonyl (C=O) groups excluding carboxylic acids is 1. The molecule has 1 unspecified atom stereocenters. The second-order valence-corrected chi connectivity index (χ2v) is 5.70. The molecule has 1 aliphatic rings. The Morgan fingerprint density at radius 3 is 2.48 bits per heavy atom. The number of likely N-dealkylation sites (tertiary alicyclic amines) is 1. The van der Waals surface area contributed by atoms with Crippen LogP contribution in [-0.4, -0.2) is 31.0 Å². The molecule has 2 aromatic rings. The van der Waals surface area contributed by atoms with Crippen LogP contribution in [0.25, 0.3) is 0 Å². The Balaban J connectivity index is 1.68. The highest BCUT2D eigenvalue weighted by Gasteiger charge is 2.27. The Morgan fingerprint density at radius 2 is 1.87 bits per heavy atom. The fourth-order valence-corrected chi connectivity index (χ4v) is 2.96. The van der Waals surface area contributed by atoms with Crippen LogP contribution in [0.5, 0.6) is 5.75 Å². The minimum atomic E-state index is 0.0329. The molecular weight excluding hydrogens is 288 g/mol. The standard InChI is InChI=1S/C19H18N2O2/c1-23-18-8-6-15(7-9-18)17-10-11-21(13-17)19(22)16-4-2-14(12-20)3-5-16/h2-9,17H,10-11,13H2,1H3. The number of amides is 1. The van der Waals surface area contributed by atoms with Crippen LogP contribution < -0.4 is 4.74 Å². The lowest BCUT2D eigenvalue weighted by atomic mass is 9.98. The van der Waals surface area contributed by atoms with E-state index in [4.69, 9.17) is 10.00 Å². The zero-order valence-corrected chi connectivity index (χ0v) is 13.0. The van der Waals surface area contributed by atoms with E-state index in [0.29, 0.717) is 17.0 Å². The average Bonchev–Trinajstić information content (AvgIpc) is 3.11. The van der Waals surface area contributed by atoms with E-state index in [9.17, 15) is 4.79 Å². The maximum Gasteiger partial charge on any atom is 0.253 e. The zero-order chi connectivity index (χ0) is 16.2. The number of nitriles is 1. The molecule has 0 radical (unpaired) electrons. The molecule has 3 rings (SSSR count). The van der Waals surface area contributed by atoms with Gasteiger partial charge in [-0.3, -0.25) is 4.79 Å². The van der Waals surface area contributed by atoms with Crippen molar-refractivity contribution in [3.63, 3.8) is 0 Å². The fraction of sp³-hybridized carbons (Fsp3) is 0.263. The van der Waals surface area contributed by atoms with E-state index in [1.165, 1.54) is 5.56 Å². The van der Waals surface area contributed by atoms with Gasteiger partial charge in [0.05, 0.1) is 18.7 Å². The molecule has 1 amide bonds. The van der Waals surface area contributed by atoms with E-state index >= 15 is 0 Å². The zero-order valence-electron chi connectivity index (χ0n) is 13.0. The van der Waals surface area contributed by atoms with Crippen LogP contribution in [0.15, 0.2) is 48.5 Å². The first-order valence-electron chi connectivity index (χ1n) is 7.64. The Labute approximate surface area is 135 Å². The van der Waals surface area contributed by atoms with E-state index in [0.717, 1.165) is 25.3 Å². The number of methoxy groups -OCH3 is 1. The Kier molecular flexibility index (Phi) is 4.29. The van der Waals surface area contributed by atoms with Gasteiger partial charge < -0.3 is 9.64 Å². The van der Waals surface area contributed by atoms with E-state index < -0.39 is 0 Å². The van der Waals surface area contributed by atoms with Crippen molar-refractivity contribution in [2.75, 3.05) is 20.2 Å². The van der Waals surface area contributed by atoms with Gasteiger partial charge in [-0.2, -0.15) is 5.26 Å². The van der Waals surface area contributed by atoms with Crippen LogP contribution in [0.2, 0.25) is 0 Å². The van der Waals surface area contributed by atoms with Gasteiger partial charge in [-0.25, -0.2) is 0 Å². The number of benzene rings is 2. The summed E-state index contributed by atoms with van der Waals surface area (Å²) in [5.41, 5.74) is 2.44. The van der Waals surface area contributed by atoms with E-state index in [1.54, 1.807) is 31.4 Å². The lowest BCUT2D eigenvalue weighted by Crippen LogP contribution is -2.28. The molecule has 4 heteroatoms. The molecule has 0 spiro atoms. The average molecular weight is 306 g/mol. The smallest absolute Gasteiger partial charge is 0.253 e. The molecule has 0 aliphatic carbocycles. The lowest BCUT2D eigenvalue weighted by Gasteiger charge is -2.17. The first-order chi connectivity index (χ1) is 11.2. The molecule has 1 aliphatic heterocycles. The summed E-state index contributed by atoms with van der Waals surface area (Å²) < 4.78 is 5.18. The van der Waals surface area contributed by atoms with Crippen molar-refractivity contribution in [3.05, 3.63) is 65.2 Å². The molecule has 1 fully saturated rings. The van der Waals surface area contributed by atoms with Crippen molar-refractivity contribution in [2.24, 2.45) is 0 Å². The van der Waals surface area contributed by atoms with Crippen LogP contribution in [-0.2, 0) is 0 Å². The number of carbonyl (C=O) groups is 1. The molecule has 116 valence electrons. The highest BCUT2D eigenvalue weighted by atomic mass is 16.5. The summed E-state index contributed by atoms with van der Waals surface area (Å²) in [4.78, 5) is 14.4. The first-order valence-corrected chi connectivity index (χ1v) is 7.64. The molecule has 23 heavy (non-hydrogen) atoms. The van der Waals surface area contributed by atoms with Crippen molar-refractivity contribution < 1.29 is 9.53 Å². The van der Waals surface area contributed by atoms with Gasteiger partial charge in [0, 0.05) is 24.6 Å². The molecule has 0 saturated carbocycles. The summed E-state index contributed by atoms with van der Waals surface area (Å²) in [6.07, 6.45) is 0.967. The molecule has 2 aromatic carbocycles. The largest absolute Gasteiger partial charge is 0.497 e. The van der Waals surface area contributed by atoms with E-state index in [2.05, 4.69) is 18.2 Å². The van der Waals surface area contributed by atoms with Crippen LogP contribution in [0.3, 0.4) is 0 Å². The second-order valence-electron chi connectivity index (χ2n) is 5.70. The number of hydrogen-bond donors (Lipinski definition) is 0. The van der Waals surface area contributed by atoms with Gasteiger partial charge in [0.2, 0.25) is 0 Å². The molecule has 0 N–H and O–H groups in total. The van der Waals surface area contributed by atoms with Crippen LogP contribution in [0.4, 0.5) is 0 Å². The summed E-state index contributed by atoms with van der Waals surface area (Å²) in [6, 6.07) is 16.9. The second kappa shape index (κ2) is 6.53. The minimum absolute atomic E-state index is 0.0329. The van der Waals surface area contributed by atoms with Crippen molar-refractivity contribution in [2.45, 2.75) is 12.3 Å². The Bertz CT molecular complexity index is 729. The van der Waals surface area contributed by atoms with Gasteiger partial charge in [0.15, 0.2) is 0 Å². The van der Waals surface area contributed by atoms with Gasteiger partial charge in [0.1, 0.15) is 5.75 Å². The molecule has 1 heterocycles. The third kappa shape index (κ3) is 3.19. The fourth-order valence-electron chi connectivity index (χ4n) is 2.96. The topological polar surface area (TPSA) is 53.3 Å². The summed E-state index contributed by atoms with van der Waals surface area (Å²) in [6.45, 7) is 1.49. The highest BCUT2D eigenvalue weighted by Crippen LogP contribution is 2.29. The van der Waals surface area contributed by atoms with Crippen LogP contribution in [0.1, 0.15) is 33.8 Å². The van der Waals surface area contributed by atoms with Crippen molar-refractivity contribution >= 4 is 5.91 Å². The third-order valence-corrected chi connectivity index (χ3v) is 4.32. The number of rotatable bonds is 3. The molecule has 0 aromatic heterocycles. The maximum absolute atomic E-state index is 12.5. The molecule has 1 atom stereocenters. The van der Waals surface area contributed by atoms with E-state index in [1.807, 2.05) is 17.0 Å². The summed E-state index contributed by atoms with van der Waals surface area (Å²) in [7, 11) is 1.66. The molecule has 4 nitrogen and oxygen atoms in total. The number of hydrogen-bond acceptors (Lipinski definition) is 3. The van der Waals surface area contributed by atoms with Crippen LogP contribution in [0, 0.1) is 11.3 Å². The summed E-state index contributed by atoms with van der Waals surface area (Å²) in [5, 5.41) is 8.82. The third-order valence-electron chi connectivity index (χ3n) is 4.32. The molecule has 0 bridgehead atoms. The normalized spacial score (nSPS) is 16.9. The van der Waals surface area contributed by atoms with Gasteiger partial charge in [-0.15, -0.1) is 0 Å². The van der Waals surface area contributed by atoms with Gasteiger partial charge in [-0.05, 0) is 48.4 Å². The minimum Gasteiger partial charge on any atom is -0.497 e. The predicted octanol–water partition coefficient (Wildman–Crippen LogP) is 3.20.